The Hall–Kier alpha value is -0.770. The summed E-state index contributed by atoms with van der Waals surface area (Å²) in [6.45, 7) is 17.9. The summed E-state index contributed by atoms with van der Waals surface area (Å²) in [6.07, 6.45) is 2.50. The summed E-state index contributed by atoms with van der Waals surface area (Å²) in [7, 11) is 2.03. The van der Waals surface area contributed by atoms with Crippen LogP contribution in [0.5, 0.6) is 0 Å². The highest BCUT2D eigenvalue weighted by molar-refractivity contribution is 14.0. The fourth-order valence-corrected chi connectivity index (χ4v) is 2.58. The molecule has 0 radical (unpaired) electrons. The quantitative estimate of drug-likeness (QED) is 0.171. The summed E-state index contributed by atoms with van der Waals surface area (Å²) in [4.78, 5) is 18.9. The fraction of sp³-hybridized carbons (Fsp3) is 0.905. The van der Waals surface area contributed by atoms with Crippen molar-refractivity contribution in [2.45, 2.75) is 79.4 Å². The van der Waals surface area contributed by atoms with Crippen LogP contribution in [0.15, 0.2) is 4.99 Å². The SMILES string of the molecule is CCNC(=NCCCCOCC)N(C)CCC(NC(=O)OC(C)(C)C)C(C)C.I. The van der Waals surface area contributed by atoms with Crippen LogP contribution in [-0.4, -0.2) is 68.5 Å². The molecule has 0 aliphatic heterocycles. The Balaban J connectivity index is 0. The fourth-order valence-electron chi connectivity index (χ4n) is 2.58. The Morgan fingerprint density at radius 2 is 1.83 bits per heavy atom. The van der Waals surface area contributed by atoms with Crippen LogP contribution in [0.3, 0.4) is 0 Å². The van der Waals surface area contributed by atoms with Crippen LogP contribution in [0, 0.1) is 5.92 Å². The Morgan fingerprint density at radius 3 is 2.34 bits per heavy atom. The normalized spacial score (nSPS) is 12.9. The zero-order valence-electron chi connectivity index (χ0n) is 19.8. The number of guanidine groups is 1. The lowest BCUT2D eigenvalue weighted by atomic mass is 10.0. The predicted octanol–water partition coefficient (Wildman–Crippen LogP) is 4.26. The Morgan fingerprint density at radius 1 is 1.17 bits per heavy atom. The molecule has 0 aliphatic carbocycles. The second-order valence-electron chi connectivity index (χ2n) is 8.35. The van der Waals surface area contributed by atoms with Gasteiger partial charge in [-0.1, -0.05) is 13.8 Å². The zero-order chi connectivity index (χ0) is 21.6. The van der Waals surface area contributed by atoms with E-state index in [0.29, 0.717) is 5.92 Å². The number of halogens is 1. The first-order chi connectivity index (χ1) is 13.1. The van der Waals surface area contributed by atoms with E-state index in [0.717, 1.165) is 58.1 Å². The number of carbonyl (C=O) groups is 1. The number of nitrogens with zero attached hydrogens (tertiary/aromatic N) is 2. The van der Waals surface area contributed by atoms with Crippen LogP contribution in [0.1, 0.15) is 67.7 Å². The van der Waals surface area contributed by atoms with E-state index in [1.54, 1.807) is 0 Å². The van der Waals surface area contributed by atoms with Crippen molar-refractivity contribution >= 4 is 36.0 Å². The highest BCUT2D eigenvalue weighted by Crippen LogP contribution is 2.11. The first-order valence-electron chi connectivity index (χ1n) is 10.7. The Kier molecular flexibility index (Phi) is 17.8. The van der Waals surface area contributed by atoms with Gasteiger partial charge in [-0.25, -0.2) is 4.79 Å². The Bertz CT molecular complexity index is 454. The van der Waals surface area contributed by atoms with Gasteiger partial charge >= 0.3 is 6.09 Å². The van der Waals surface area contributed by atoms with E-state index in [1.165, 1.54) is 0 Å². The molecule has 0 aromatic rings. The molecule has 174 valence electrons. The molecule has 1 unspecified atom stereocenters. The molecule has 0 rings (SSSR count). The molecule has 8 heteroatoms. The van der Waals surface area contributed by atoms with Crippen molar-refractivity contribution in [2.24, 2.45) is 10.9 Å². The predicted molar refractivity (Wildman–Crippen MR) is 132 cm³/mol. The van der Waals surface area contributed by atoms with Gasteiger partial charge in [-0.3, -0.25) is 4.99 Å². The summed E-state index contributed by atoms with van der Waals surface area (Å²) < 4.78 is 10.8. The van der Waals surface area contributed by atoms with Crippen molar-refractivity contribution in [3.05, 3.63) is 0 Å². The van der Waals surface area contributed by atoms with Crippen LogP contribution in [0.25, 0.3) is 0 Å². The lowest BCUT2D eigenvalue weighted by molar-refractivity contribution is 0.0486. The summed E-state index contributed by atoms with van der Waals surface area (Å²) in [5.41, 5.74) is -0.491. The largest absolute Gasteiger partial charge is 0.444 e. The smallest absolute Gasteiger partial charge is 0.407 e. The second kappa shape index (κ2) is 17.0. The van der Waals surface area contributed by atoms with Crippen LogP contribution < -0.4 is 10.6 Å². The molecule has 29 heavy (non-hydrogen) atoms. The standard InChI is InChI=1S/C21H44N4O3.HI/c1-9-22-19(23-14-11-12-16-27-10-2)25(8)15-13-18(17(3)4)24-20(26)28-21(5,6)7;/h17-18H,9-16H2,1-8H3,(H,22,23)(H,24,26);1H. The molecule has 1 amide bonds. The molecule has 1 atom stereocenters. The first kappa shape index (κ1) is 30.4. The van der Waals surface area contributed by atoms with E-state index < -0.39 is 5.60 Å². The molecule has 0 aliphatic rings. The van der Waals surface area contributed by atoms with Gasteiger partial charge in [-0.15, -0.1) is 24.0 Å². The van der Waals surface area contributed by atoms with Crippen molar-refractivity contribution in [2.75, 3.05) is 39.9 Å². The first-order valence-corrected chi connectivity index (χ1v) is 10.7. The highest BCUT2D eigenvalue weighted by atomic mass is 127. The number of unbranched alkanes of at least 4 members (excludes halogenated alkanes) is 1. The minimum absolute atomic E-state index is 0. The van der Waals surface area contributed by atoms with Gasteiger partial charge in [0.05, 0.1) is 0 Å². The third-order valence-electron chi connectivity index (χ3n) is 4.14. The summed E-state index contributed by atoms with van der Waals surface area (Å²) in [5, 5.41) is 6.35. The van der Waals surface area contributed by atoms with E-state index in [2.05, 4.69) is 36.3 Å². The molecule has 0 saturated carbocycles. The maximum Gasteiger partial charge on any atom is 0.407 e. The number of alkyl carbamates (subject to hydrolysis) is 1. The van der Waals surface area contributed by atoms with Gasteiger partial charge in [0.1, 0.15) is 5.60 Å². The third-order valence-corrected chi connectivity index (χ3v) is 4.14. The molecule has 0 fully saturated rings. The van der Waals surface area contributed by atoms with Crippen LogP contribution in [-0.2, 0) is 9.47 Å². The van der Waals surface area contributed by atoms with Crippen molar-refractivity contribution in [1.29, 1.82) is 0 Å². The number of hydrogen-bond acceptors (Lipinski definition) is 4. The maximum absolute atomic E-state index is 12.1. The lowest BCUT2D eigenvalue weighted by Gasteiger charge is -2.28. The van der Waals surface area contributed by atoms with Gasteiger partial charge in [0.2, 0.25) is 0 Å². The molecule has 0 spiro atoms. The molecular weight excluding hydrogens is 483 g/mol. The van der Waals surface area contributed by atoms with E-state index >= 15 is 0 Å². The van der Waals surface area contributed by atoms with E-state index in [1.807, 2.05) is 34.7 Å². The molecule has 0 saturated heterocycles. The number of aliphatic imine (C=N–C) groups is 1. The molecule has 0 aromatic carbocycles. The monoisotopic (exact) mass is 528 g/mol. The summed E-state index contributed by atoms with van der Waals surface area (Å²) in [6, 6.07) is 0.0476. The van der Waals surface area contributed by atoms with Crippen LogP contribution in [0.2, 0.25) is 0 Å². The van der Waals surface area contributed by atoms with Crippen molar-refractivity contribution in [1.82, 2.24) is 15.5 Å². The lowest BCUT2D eigenvalue weighted by Crippen LogP contribution is -2.45. The average Bonchev–Trinajstić information content (AvgIpc) is 2.58. The number of ether oxygens (including phenoxy) is 2. The number of nitrogens with one attached hydrogen (secondary N) is 2. The average molecular weight is 529 g/mol. The topological polar surface area (TPSA) is 75.2 Å². The van der Waals surface area contributed by atoms with Gasteiger partial charge in [0.15, 0.2) is 5.96 Å². The molecule has 0 heterocycles. The minimum Gasteiger partial charge on any atom is -0.444 e. The summed E-state index contributed by atoms with van der Waals surface area (Å²) >= 11 is 0. The van der Waals surface area contributed by atoms with Crippen LogP contribution in [0.4, 0.5) is 4.79 Å². The van der Waals surface area contributed by atoms with Gasteiger partial charge < -0.3 is 25.0 Å². The second-order valence-corrected chi connectivity index (χ2v) is 8.35. The number of hydrogen-bond donors (Lipinski definition) is 2. The van der Waals surface area contributed by atoms with Crippen LogP contribution >= 0.6 is 24.0 Å². The van der Waals surface area contributed by atoms with E-state index in [-0.39, 0.29) is 36.1 Å². The molecular formula is C21H45IN4O3. The molecule has 7 nitrogen and oxygen atoms in total. The number of amides is 1. The molecule has 0 bridgehead atoms. The molecule has 0 aromatic heterocycles. The van der Waals surface area contributed by atoms with Gasteiger partial charge in [0.25, 0.3) is 0 Å². The van der Waals surface area contributed by atoms with E-state index in [4.69, 9.17) is 14.5 Å². The molecule has 2 N–H and O–H groups in total. The van der Waals surface area contributed by atoms with Gasteiger partial charge in [-0.2, -0.15) is 0 Å². The minimum atomic E-state index is -0.491. The Labute approximate surface area is 195 Å². The maximum atomic E-state index is 12.1. The van der Waals surface area contributed by atoms with Gasteiger partial charge in [-0.05, 0) is 59.8 Å². The zero-order valence-corrected chi connectivity index (χ0v) is 22.2. The van der Waals surface area contributed by atoms with Crippen molar-refractivity contribution in [3.8, 4) is 0 Å². The van der Waals surface area contributed by atoms with Gasteiger partial charge in [0, 0.05) is 45.9 Å². The van der Waals surface area contributed by atoms with Crippen molar-refractivity contribution in [3.63, 3.8) is 0 Å². The van der Waals surface area contributed by atoms with Crippen molar-refractivity contribution < 1.29 is 14.3 Å². The third kappa shape index (κ3) is 16.7. The van der Waals surface area contributed by atoms with E-state index in [9.17, 15) is 4.79 Å². The number of carbonyl (C=O) groups excluding carboxylic acids is 1. The highest BCUT2D eigenvalue weighted by Gasteiger charge is 2.22. The number of rotatable bonds is 12. The summed E-state index contributed by atoms with van der Waals surface area (Å²) in [5.74, 6) is 1.22.